The quantitative estimate of drug-likeness (QED) is 0.620. The Balaban J connectivity index is 2.97. The number of carbonyl (C=O) groups excluding carboxylic acids is 1. The molecule has 1 unspecified atom stereocenters. The molecule has 1 N–H and O–H groups in total. The molecule has 0 aliphatic carbocycles. The van der Waals surface area contributed by atoms with Crippen LogP contribution in [-0.4, -0.2) is 30.8 Å². The fraction of sp³-hybridized carbons (Fsp3) is 0.333. The molecule has 0 bridgehead atoms. The average molecular weight is 238 g/mol. The van der Waals surface area contributed by atoms with Crippen LogP contribution in [0.2, 0.25) is 0 Å². The fourth-order valence-corrected chi connectivity index (χ4v) is 1.40. The highest BCUT2D eigenvalue weighted by molar-refractivity contribution is 5.99. The summed E-state index contributed by atoms with van der Waals surface area (Å²) in [4.78, 5) is 22.5. The minimum absolute atomic E-state index is 0.152. The first kappa shape index (κ1) is 13.0. The first-order valence-electron chi connectivity index (χ1n) is 5.13. The lowest BCUT2D eigenvalue weighted by Crippen LogP contribution is -2.23. The summed E-state index contributed by atoms with van der Waals surface area (Å²) in [5, 5.41) is 9.02. The summed E-state index contributed by atoms with van der Waals surface area (Å²) < 4.78 is 9.68. The Morgan fingerprint density at radius 1 is 1.29 bits per heavy atom. The van der Waals surface area contributed by atoms with Crippen molar-refractivity contribution in [3.8, 4) is 5.75 Å². The van der Waals surface area contributed by atoms with Crippen LogP contribution in [0.4, 0.5) is 0 Å². The molecule has 0 aromatic heterocycles. The zero-order valence-electron chi connectivity index (χ0n) is 9.67. The lowest BCUT2D eigenvalue weighted by atomic mass is 9.99. The molecule has 17 heavy (non-hydrogen) atoms. The van der Waals surface area contributed by atoms with Gasteiger partial charge < -0.3 is 14.6 Å². The van der Waals surface area contributed by atoms with Crippen LogP contribution in [-0.2, 0) is 14.3 Å². The van der Waals surface area contributed by atoms with E-state index in [9.17, 15) is 9.59 Å². The van der Waals surface area contributed by atoms with Crippen molar-refractivity contribution in [3.05, 3.63) is 29.8 Å². The van der Waals surface area contributed by atoms with Gasteiger partial charge in [0.1, 0.15) is 5.75 Å². The Morgan fingerprint density at radius 3 is 2.29 bits per heavy atom. The summed E-state index contributed by atoms with van der Waals surface area (Å²) in [7, 11) is 1.51. The standard InChI is InChI=1S/C12H14O5/c1-3-17-12(15)10(11(13)14)8-4-6-9(16-2)7-5-8/h4-7,10H,3H2,1-2H3,(H,13,14). The SMILES string of the molecule is CCOC(=O)C(C(=O)O)c1ccc(OC)cc1. The highest BCUT2D eigenvalue weighted by Crippen LogP contribution is 2.21. The van der Waals surface area contributed by atoms with Gasteiger partial charge in [-0.3, -0.25) is 9.59 Å². The van der Waals surface area contributed by atoms with E-state index in [1.165, 1.54) is 19.2 Å². The van der Waals surface area contributed by atoms with Crippen LogP contribution >= 0.6 is 0 Å². The van der Waals surface area contributed by atoms with Crippen LogP contribution in [0.1, 0.15) is 18.4 Å². The number of benzene rings is 1. The second kappa shape index (κ2) is 5.89. The van der Waals surface area contributed by atoms with E-state index in [0.717, 1.165) is 0 Å². The van der Waals surface area contributed by atoms with Crippen molar-refractivity contribution in [3.63, 3.8) is 0 Å². The summed E-state index contributed by atoms with van der Waals surface area (Å²) in [6, 6.07) is 6.28. The molecule has 1 atom stereocenters. The Bertz CT molecular complexity index is 396. The predicted molar refractivity (Wildman–Crippen MR) is 60.0 cm³/mol. The van der Waals surface area contributed by atoms with Gasteiger partial charge in [0.25, 0.3) is 0 Å². The van der Waals surface area contributed by atoms with Crippen LogP contribution in [0.3, 0.4) is 0 Å². The van der Waals surface area contributed by atoms with Crippen molar-refractivity contribution >= 4 is 11.9 Å². The number of rotatable bonds is 5. The maximum absolute atomic E-state index is 11.5. The van der Waals surface area contributed by atoms with E-state index < -0.39 is 17.9 Å². The minimum Gasteiger partial charge on any atom is -0.497 e. The van der Waals surface area contributed by atoms with E-state index in [1.54, 1.807) is 19.1 Å². The zero-order valence-corrected chi connectivity index (χ0v) is 9.67. The third-order valence-corrected chi connectivity index (χ3v) is 2.22. The number of carboxylic acids is 1. The van der Waals surface area contributed by atoms with Crippen LogP contribution in [0, 0.1) is 0 Å². The van der Waals surface area contributed by atoms with Gasteiger partial charge in [0, 0.05) is 0 Å². The first-order chi connectivity index (χ1) is 8.10. The lowest BCUT2D eigenvalue weighted by Gasteiger charge is -2.11. The largest absolute Gasteiger partial charge is 0.497 e. The molecule has 0 saturated carbocycles. The molecule has 1 aromatic carbocycles. The Morgan fingerprint density at radius 2 is 1.88 bits per heavy atom. The normalized spacial score (nSPS) is 11.6. The van der Waals surface area contributed by atoms with Gasteiger partial charge in [-0.15, -0.1) is 0 Å². The van der Waals surface area contributed by atoms with Crippen molar-refractivity contribution in [2.24, 2.45) is 0 Å². The number of hydrogen-bond donors (Lipinski definition) is 1. The number of carboxylic acid groups (broad SMARTS) is 1. The molecular formula is C12H14O5. The van der Waals surface area contributed by atoms with Crippen LogP contribution in [0.25, 0.3) is 0 Å². The monoisotopic (exact) mass is 238 g/mol. The van der Waals surface area contributed by atoms with Crippen LogP contribution in [0.15, 0.2) is 24.3 Å². The Labute approximate surface area is 99.0 Å². The van der Waals surface area contributed by atoms with Gasteiger partial charge in [0.2, 0.25) is 0 Å². The van der Waals surface area contributed by atoms with Gasteiger partial charge in [-0.25, -0.2) is 0 Å². The lowest BCUT2D eigenvalue weighted by molar-refractivity contribution is -0.153. The first-order valence-corrected chi connectivity index (χ1v) is 5.13. The summed E-state index contributed by atoms with van der Waals surface area (Å²) >= 11 is 0. The van der Waals surface area contributed by atoms with E-state index in [2.05, 4.69) is 0 Å². The van der Waals surface area contributed by atoms with Crippen molar-refractivity contribution < 1.29 is 24.2 Å². The molecule has 0 amide bonds. The number of ether oxygens (including phenoxy) is 2. The molecule has 5 nitrogen and oxygen atoms in total. The average Bonchev–Trinajstić information content (AvgIpc) is 2.30. The zero-order chi connectivity index (χ0) is 12.8. The highest BCUT2D eigenvalue weighted by atomic mass is 16.5. The Hall–Kier alpha value is -2.04. The topological polar surface area (TPSA) is 72.8 Å². The van der Waals surface area contributed by atoms with Crippen molar-refractivity contribution in [2.45, 2.75) is 12.8 Å². The molecule has 0 saturated heterocycles. The van der Waals surface area contributed by atoms with Crippen molar-refractivity contribution in [2.75, 3.05) is 13.7 Å². The fourth-order valence-electron chi connectivity index (χ4n) is 1.40. The Kier molecular flexibility index (Phi) is 4.51. The van der Waals surface area contributed by atoms with Gasteiger partial charge in [0.05, 0.1) is 13.7 Å². The molecule has 1 aromatic rings. The van der Waals surface area contributed by atoms with E-state index in [0.29, 0.717) is 11.3 Å². The molecule has 0 aliphatic rings. The maximum atomic E-state index is 11.5. The third kappa shape index (κ3) is 3.21. The summed E-state index contributed by atoms with van der Waals surface area (Å²) in [6.45, 7) is 1.78. The van der Waals surface area contributed by atoms with Gasteiger partial charge >= 0.3 is 11.9 Å². The summed E-state index contributed by atoms with van der Waals surface area (Å²) in [6.07, 6.45) is 0. The molecule has 0 fully saturated rings. The van der Waals surface area contributed by atoms with Gasteiger partial charge in [-0.1, -0.05) is 12.1 Å². The second-order valence-corrected chi connectivity index (χ2v) is 3.30. The van der Waals surface area contributed by atoms with Crippen molar-refractivity contribution in [1.29, 1.82) is 0 Å². The molecule has 0 heterocycles. The number of carbonyl (C=O) groups is 2. The molecule has 0 radical (unpaired) electrons. The van der Waals surface area contributed by atoms with Gasteiger partial charge in [-0.2, -0.15) is 0 Å². The smallest absolute Gasteiger partial charge is 0.324 e. The molecule has 1 rings (SSSR count). The number of aliphatic carboxylic acids is 1. The minimum atomic E-state index is -1.29. The van der Waals surface area contributed by atoms with E-state index in [-0.39, 0.29) is 6.61 Å². The van der Waals surface area contributed by atoms with Gasteiger partial charge in [-0.05, 0) is 24.6 Å². The van der Waals surface area contributed by atoms with Crippen LogP contribution < -0.4 is 4.74 Å². The summed E-state index contributed by atoms with van der Waals surface area (Å²) in [5.41, 5.74) is 0.372. The number of methoxy groups -OCH3 is 1. The maximum Gasteiger partial charge on any atom is 0.324 e. The summed E-state index contributed by atoms with van der Waals surface area (Å²) in [5.74, 6) is -2.68. The highest BCUT2D eigenvalue weighted by Gasteiger charge is 2.29. The van der Waals surface area contributed by atoms with Gasteiger partial charge in [0.15, 0.2) is 5.92 Å². The molecule has 5 heteroatoms. The second-order valence-electron chi connectivity index (χ2n) is 3.30. The van der Waals surface area contributed by atoms with Crippen molar-refractivity contribution in [1.82, 2.24) is 0 Å². The molecular weight excluding hydrogens is 224 g/mol. The molecule has 0 aliphatic heterocycles. The van der Waals surface area contributed by atoms with Crippen LogP contribution in [0.5, 0.6) is 5.75 Å². The molecule has 92 valence electrons. The number of hydrogen-bond acceptors (Lipinski definition) is 4. The third-order valence-electron chi connectivity index (χ3n) is 2.22. The van der Waals surface area contributed by atoms with E-state index in [1.807, 2.05) is 0 Å². The predicted octanol–water partition coefficient (Wildman–Crippen LogP) is 1.43. The number of esters is 1. The van der Waals surface area contributed by atoms with E-state index >= 15 is 0 Å². The van der Waals surface area contributed by atoms with E-state index in [4.69, 9.17) is 14.6 Å². The molecule has 0 spiro atoms.